The van der Waals surface area contributed by atoms with Crippen LogP contribution in [-0.4, -0.2) is 68.4 Å². The SMILES string of the molecule is CCOC(=O)C1=C[C@@H](OC(CC)CC)[C@H](NC(=O)C(F)F)[C@@H](N)C1.CS(=O)(=O)O. The molecule has 0 aromatic heterocycles. The fourth-order valence-corrected chi connectivity index (χ4v) is 2.61. The number of carbonyl (C=O) groups excluding carboxylic acids is 2. The zero-order valence-corrected chi connectivity index (χ0v) is 17.7. The molecule has 0 heterocycles. The van der Waals surface area contributed by atoms with Gasteiger partial charge in [0.15, 0.2) is 0 Å². The van der Waals surface area contributed by atoms with E-state index in [0.717, 1.165) is 0 Å². The predicted molar refractivity (Wildman–Crippen MR) is 102 cm³/mol. The number of carbonyl (C=O) groups is 2. The summed E-state index contributed by atoms with van der Waals surface area (Å²) in [5.74, 6) is -1.91. The number of alkyl halides is 2. The van der Waals surface area contributed by atoms with E-state index in [0.29, 0.717) is 24.7 Å². The lowest BCUT2D eigenvalue weighted by atomic mass is 9.88. The van der Waals surface area contributed by atoms with Crippen molar-refractivity contribution in [2.24, 2.45) is 5.73 Å². The average molecular weight is 444 g/mol. The molecule has 0 radical (unpaired) electrons. The highest BCUT2D eigenvalue weighted by atomic mass is 32.2. The average Bonchev–Trinajstić information content (AvgIpc) is 2.60. The number of rotatable bonds is 8. The van der Waals surface area contributed by atoms with Crippen LogP contribution in [-0.2, 0) is 29.2 Å². The molecule has 1 amide bonds. The van der Waals surface area contributed by atoms with E-state index in [2.05, 4.69) is 5.32 Å². The van der Waals surface area contributed by atoms with Gasteiger partial charge in [0.1, 0.15) is 0 Å². The van der Waals surface area contributed by atoms with Gasteiger partial charge in [-0.1, -0.05) is 13.8 Å². The molecule has 1 aliphatic rings. The van der Waals surface area contributed by atoms with E-state index in [9.17, 15) is 26.8 Å². The van der Waals surface area contributed by atoms with Crippen molar-refractivity contribution in [2.75, 3.05) is 12.9 Å². The quantitative estimate of drug-likeness (QED) is 0.372. The lowest BCUT2D eigenvalue weighted by Gasteiger charge is -2.36. The van der Waals surface area contributed by atoms with Gasteiger partial charge in [-0.15, -0.1) is 0 Å². The number of esters is 1. The van der Waals surface area contributed by atoms with Gasteiger partial charge < -0.3 is 20.5 Å². The molecule has 170 valence electrons. The molecule has 3 atom stereocenters. The van der Waals surface area contributed by atoms with Crippen LogP contribution in [0.5, 0.6) is 0 Å². The van der Waals surface area contributed by atoms with Crippen LogP contribution in [0.4, 0.5) is 8.78 Å². The van der Waals surface area contributed by atoms with E-state index < -0.39 is 46.6 Å². The minimum atomic E-state index is -3.67. The smallest absolute Gasteiger partial charge is 0.333 e. The van der Waals surface area contributed by atoms with Crippen molar-refractivity contribution < 1.29 is 40.8 Å². The topological polar surface area (TPSA) is 145 Å². The zero-order valence-electron chi connectivity index (χ0n) is 16.9. The van der Waals surface area contributed by atoms with Crippen molar-refractivity contribution in [1.29, 1.82) is 0 Å². The van der Waals surface area contributed by atoms with Crippen molar-refractivity contribution in [1.82, 2.24) is 5.32 Å². The molecule has 0 aliphatic heterocycles. The Bertz CT molecular complexity index is 659. The molecule has 1 rings (SSSR count). The van der Waals surface area contributed by atoms with Crippen LogP contribution >= 0.6 is 0 Å². The third kappa shape index (κ3) is 11.2. The lowest BCUT2D eigenvalue weighted by molar-refractivity contribution is -0.139. The standard InChI is InChI=1S/C16H26F2N2O4.CH4O3S/c1-4-10(5-2)24-12-8-9(16(22)23-6-3)7-11(19)13(12)20-15(21)14(17)18;1-5(2,3)4/h8,10-14H,4-7,19H2,1-3H3,(H,20,21);1H3,(H,2,3,4)/t11-,12+,13+;/m0./s1. The molecule has 0 fully saturated rings. The fraction of sp³-hybridized carbons (Fsp3) is 0.765. The number of hydrogen-bond acceptors (Lipinski definition) is 7. The highest BCUT2D eigenvalue weighted by molar-refractivity contribution is 7.85. The van der Waals surface area contributed by atoms with Gasteiger partial charge in [0, 0.05) is 11.6 Å². The Morgan fingerprint density at radius 1 is 1.31 bits per heavy atom. The molecule has 0 spiro atoms. The van der Waals surface area contributed by atoms with Gasteiger partial charge in [0.05, 0.1) is 31.1 Å². The van der Waals surface area contributed by atoms with E-state index in [1.165, 1.54) is 6.08 Å². The summed E-state index contributed by atoms with van der Waals surface area (Å²) in [6, 6.07) is -1.55. The summed E-state index contributed by atoms with van der Waals surface area (Å²) >= 11 is 0. The van der Waals surface area contributed by atoms with Crippen LogP contribution in [0.1, 0.15) is 40.0 Å². The van der Waals surface area contributed by atoms with Gasteiger partial charge in [-0.25, -0.2) is 4.79 Å². The van der Waals surface area contributed by atoms with Crippen LogP contribution in [0.25, 0.3) is 0 Å². The third-order valence-electron chi connectivity index (χ3n) is 3.94. The molecule has 0 saturated heterocycles. The second kappa shape index (κ2) is 12.8. The van der Waals surface area contributed by atoms with Gasteiger partial charge in [0.2, 0.25) is 0 Å². The van der Waals surface area contributed by atoms with Crippen LogP contribution in [0, 0.1) is 0 Å². The van der Waals surface area contributed by atoms with Crippen molar-refractivity contribution in [2.45, 2.75) is 70.8 Å². The summed E-state index contributed by atoms with van der Waals surface area (Å²) in [5.41, 5.74) is 6.35. The van der Waals surface area contributed by atoms with Gasteiger partial charge in [-0.3, -0.25) is 9.35 Å². The summed E-state index contributed by atoms with van der Waals surface area (Å²) in [7, 11) is -3.67. The third-order valence-corrected chi connectivity index (χ3v) is 3.94. The molecule has 12 heteroatoms. The first-order valence-corrected chi connectivity index (χ1v) is 11.0. The second-order valence-corrected chi connectivity index (χ2v) is 7.85. The number of amides is 1. The lowest BCUT2D eigenvalue weighted by Crippen LogP contribution is -2.58. The largest absolute Gasteiger partial charge is 0.463 e. The van der Waals surface area contributed by atoms with E-state index in [-0.39, 0.29) is 19.1 Å². The Kier molecular flexibility index (Phi) is 12.1. The molecule has 0 bridgehead atoms. The predicted octanol–water partition coefficient (Wildman–Crippen LogP) is 1.03. The number of nitrogens with one attached hydrogen (secondary N) is 1. The first kappa shape index (κ1) is 27.4. The highest BCUT2D eigenvalue weighted by Gasteiger charge is 2.37. The van der Waals surface area contributed by atoms with E-state index in [1.54, 1.807) is 6.92 Å². The number of ether oxygens (including phenoxy) is 2. The Labute approximate surface area is 169 Å². The van der Waals surface area contributed by atoms with Crippen LogP contribution < -0.4 is 11.1 Å². The Hall–Kier alpha value is -1.63. The van der Waals surface area contributed by atoms with Gasteiger partial charge in [-0.2, -0.15) is 17.2 Å². The summed E-state index contributed by atoms with van der Waals surface area (Å²) in [5, 5.41) is 2.23. The van der Waals surface area contributed by atoms with Gasteiger partial charge >= 0.3 is 12.4 Å². The summed E-state index contributed by atoms with van der Waals surface area (Å²) in [6.45, 7) is 5.76. The molecular formula is C17H30F2N2O7S. The van der Waals surface area contributed by atoms with E-state index in [4.69, 9.17) is 19.8 Å². The molecule has 9 nitrogen and oxygen atoms in total. The molecule has 0 unspecified atom stereocenters. The maximum absolute atomic E-state index is 12.6. The van der Waals surface area contributed by atoms with Crippen molar-refractivity contribution in [3.63, 3.8) is 0 Å². The second-order valence-electron chi connectivity index (χ2n) is 6.39. The number of nitrogens with two attached hydrogens (primary N) is 1. The molecule has 29 heavy (non-hydrogen) atoms. The number of halogens is 2. The van der Waals surface area contributed by atoms with Gasteiger partial charge in [-0.05, 0) is 32.3 Å². The van der Waals surface area contributed by atoms with Crippen molar-refractivity contribution in [3.8, 4) is 0 Å². The fourth-order valence-electron chi connectivity index (χ4n) is 2.61. The first-order valence-electron chi connectivity index (χ1n) is 9.13. The van der Waals surface area contributed by atoms with Crippen LogP contribution in [0.2, 0.25) is 0 Å². The molecule has 4 N–H and O–H groups in total. The zero-order chi connectivity index (χ0) is 22.8. The molecule has 0 saturated carbocycles. The van der Waals surface area contributed by atoms with Crippen LogP contribution in [0.15, 0.2) is 11.6 Å². The van der Waals surface area contributed by atoms with Crippen molar-refractivity contribution in [3.05, 3.63) is 11.6 Å². The van der Waals surface area contributed by atoms with E-state index in [1.807, 2.05) is 13.8 Å². The maximum Gasteiger partial charge on any atom is 0.333 e. The summed E-state index contributed by atoms with van der Waals surface area (Å²) < 4.78 is 61.8. The summed E-state index contributed by atoms with van der Waals surface area (Å²) in [4.78, 5) is 23.3. The monoisotopic (exact) mass is 444 g/mol. The molecule has 1 aliphatic carbocycles. The Morgan fingerprint density at radius 3 is 2.24 bits per heavy atom. The van der Waals surface area contributed by atoms with Crippen LogP contribution in [0.3, 0.4) is 0 Å². The molecular weight excluding hydrogens is 414 g/mol. The Morgan fingerprint density at radius 2 is 1.83 bits per heavy atom. The maximum atomic E-state index is 12.6. The van der Waals surface area contributed by atoms with Crippen molar-refractivity contribution >= 4 is 22.0 Å². The van der Waals surface area contributed by atoms with E-state index >= 15 is 0 Å². The summed E-state index contributed by atoms with van der Waals surface area (Å²) in [6.07, 6.45) is -0.257. The highest BCUT2D eigenvalue weighted by Crippen LogP contribution is 2.24. The normalized spacial score (nSPS) is 21.9. The first-order chi connectivity index (χ1) is 13.3. The minimum Gasteiger partial charge on any atom is -0.463 e. The molecule has 0 aromatic carbocycles. The number of hydrogen-bond donors (Lipinski definition) is 3. The minimum absolute atomic E-state index is 0.121. The van der Waals surface area contributed by atoms with Gasteiger partial charge in [0.25, 0.3) is 16.0 Å². The molecule has 0 aromatic rings. The Balaban J connectivity index is 0.00000139.